The van der Waals surface area contributed by atoms with Crippen LogP contribution in [0, 0.1) is 15.5 Å². The lowest BCUT2D eigenvalue weighted by molar-refractivity contribution is -0.385. The second kappa shape index (κ2) is 13.2. The average Bonchev–Trinajstić information content (AvgIpc) is 3.79. The first-order chi connectivity index (χ1) is 21.7. The van der Waals surface area contributed by atoms with Crippen molar-refractivity contribution < 1.29 is 23.9 Å². The first-order valence-electron chi connectivity index (χ1n) is 14.9. The van der Waals surface area contributed by atoms with E-state index in [4.69, 9.17) is 28.9 Å². The highest BCUT2D eigenvalue weighted by Crippen LogP contribution is 2.46. The molecular weight excluding hydrogens is 642 g/mol. The van der Waals surface area contributed by atoms with Crippen LogP contribution in [0.15, 0.2) is 59.1 Å². The SMILES string of the molecule is COCOc1cc(N2CCc3c(nc(OCC4(CN(C)C)CC4)nc3OCc3ccccc3[N+](=O)[O-])C2)c2c(Br)cccc2c1. The second-order valence-electron chi connectivity index (χ2n) is 11.9. The standard InChI is InChI=1S/C33H36BrN5O6/c1-37(2)19-33(12-13-33)20-44-32-35-27-17-38(29-16-24(45-21-42-3)15-22-8-6-9-26(34)30(22)29)14-11-25(27)31(36-32)43-18-23-7-4-5-10-28(23)39(40)41/h4-10,15-16H,11-14,17-21H2,1-3H3. The molecule has 6 rings (SSSR count). The van der Waals surface area contributed by atoms with Crippen LogP contribution in [0.2, 0.25) is 0 Å². The van der Waals surface area contributed by atoms with E-state index in [2.05, 4.69) is 45.9 Å². The molecule has 11 nitrogen and oxygen atoms in total. The number of aromatic nitrogens is 2. The molecule has 0 saturated heterocycles. The molecule has 0 unspecified atom stereocenters. The van der Waals surface area contributed by atoms with Crippen LogP contribution in [0.3, 0.4) is 0 Å². The van der Waals surface area contributed by atoms with Crippen LogP contribution in [0.25, 0.3) is 10.8 Å². The predicted octanol–water partition coefficient (Wildman–Crippen LogP) is 6.15. The van der Waals surface area contributed by atoms with Crippen molar-refractivity contribution in [3.63, 3.8) is 0 Å². The van der Waals surface area contributed by atoms with Gasteiger partial charge in [-0.05, 0) is 56.9 Å². The molecule has 0 bridgehead atoms. The van der Waals surface area contributed by atoms with Crippen molar-refractivity contribution in [1.82, 2.24) is 14.9 Å². The van der Waals surface area contributed by atoms with Crippen LogP contribution in [0.1, 0.15) is 29.7 Å². The Morgan fingerprint density at radius 3 is 2.64 bits per heavy atom. The number of fused-ring (bicyclic) bond motifs is 2. The Morgan fingerprint density at radius 1 is 1.07 bits per heavy atom. The van der Waals surface area contributed by atoms with Crippen molar-refractivity contribution in [2.75, 3.05) is 52.6 Å². The van der Waals surface area contributed by atoms with Crippen molar-refractivity contribution in [2.45, 2.75) is 32.4 Å². The molecule has 45 heavy (non-hydrogen) atoms. The lowest BCUT2D eigenvalue weighted by Gasteiger charge is -2.32. The van der Waals surface area contributed by atoms with Crippen LogP contribution in [0.5, 0.6) is 17.6 Å². The summed E-state index contributed by atoms with van der Waals surface area (Å²) in [5.74, 6) is 1.10. The molecule has 0 atom stereocenters. The van der Waals surface area contributed by atoms with Crippen molar-refractivity contribution in [3.8, 4) is 17.6 Å². The smallest absolute Gasteiger partial charge is 0.320 e. The molecule has 0 N–H and O–H groups in total. The van der Waals surface area contributed by atoms with Gasteiger partial charge in [0.2, 0.25) is 5.88 Å². The van der Waals surface area contributed by atoms with Gasteiger partial charge in [-0.2, -0.15) is 9.97 Å². The Balaban J connectivity index is 1.34. The Morgan fingerprint density at radius 2 is 1.89 bits per heavy atom. The van der Waals surface area contributed by atoms with Crippen LogP contribution in [-0.2, 0) is 24.3 Å². The molecule has 236 valence electrons. The molecule has 3 aromatic carbocycles. The van der Waals surface area contributed by atoms with Crippen molar-refractivity contribution >= 4 is 38.1 Å². The van der Waals surface area contributed by atoms with Gasteiger partial charge in [0, 0.05) is 58.9 Å². The van der Waals surface area contributed by atoms with E-state index in [1.54, 1.807) is 25.3 Å². The molecule has 4 aromatic rings. The molecule has 0 amide bonds. The van der Waals surface area contributed by atoms with Crippen LogP contribution in [0.4, 0.5) is 11.4 Å². The number of methoxy groups -OCH3 is 1. The summed E-state index contributed by atoms with van der Waals surface area (Å²) >= 11 is 3.76. The zero-order valence-electron chi connectivity index (χ0n) is 25.6. The second-order valence-corrected chi connectivity index (χ2v) is 12.8. The van der Waals surface area contributed by atoms with E-state index >= 15 is 0 Å². The van der Waals surface area contributed by atoms with Crippen molar-refractivity contribution in [3.05, 3.63) is 86.0 Å². The number of nitrogens with zero attached hydrogens (tertiary/aromatic N) is 5. The monoisotopic (exact) mass is 677 g/mol. The largest absolute Gasteiger partial charge is 0.472 e. The fourth-order valence-electron chi connectivity index (χ4n) is 5.93. The zero-order chi connectivity index (χ0) is 31.6. The fraction of sp³-hybridized carbons (Fsp3) is 0.394. The minimum absolute atomic E-state index is 0.00476. The topological polar surface area (TPSA) is 112 Å². The molecule has 12 heteroatoms. The number of benzene rings is 3. The van der Waals surface area contributed by atoms with Gasteiger partial charge in [-0.15, -0.1) is 0 Å². The number of hydrogen-bond acceptors (Lipinski definition) is 10. The van der Waals surface area contributed by atoms with Gasteiger partial charge in [0.25, 0.3) is 5.69 Å². The maximum atomic E-state index is 11.6. The predicted molar refractivity (Wildman–Crippen MR) is 174 cm³/mol. The highest BCUT2D eigenvalue weighted by atomic mass is 79.9. The fourth-order valence-corrected chi connectivity index (χ4v) is 6.51. The average molecular weight is 679 g/mol. The Bertz CT molecular complexity index is 1710. The van der Waals surface area contributed by atoms with Crippen LogP contribution < -0.4 is 19.1 Å². The lowest BCUT2D eigenvalue weighted by atomic mass is 10.0. The van der Waals surface area contributed by atoms with E-state index in [9.17, 15) is 10.1 Å². The van der Waals surface area contributed by atoms with Gasteiger partial charge in [0.05, 0.1) is 29.3 Å². The summed E-state index contributed by atoms with van der Waals surface area (Å²) in [4.78, 5) is 25.3. The van der Waals surface area contributed by atoms with Crippen molar-refractivity contribution in [2.24, 2.45) is 5.41 Å². The minimum Gasteiger partial charge on any atom is -0.472 e. The maximum Gasteiger partial charge on any atom is 0.320 e. The molecule has 1 fully saturated rings. The Labute approximate surface area is 270 Å². The van der Waals surface area contributed by atoms with E-state index in [0.29, 0.717) is 43.3 Å². The molecule has 2 heterocycles. The van der Waals surface area contributed by atoms with Crippen LogP contribution >= 0.6 is 15.9 Å². The molecule has 0 spiro atoms. The van der Waals surface area contributed by atoms with Gasteiger partial charge in [-0.25, -0.2) is 0 Å². The minimum atomic E-state index is -0.396. The van der Waals surface area contributed by atoms with E-state index in [1.165, 1.54) is 6.07 Å². The van der Waals surface area contributed by atoms with Gasteiger partial charge < -0.3 is 28.7 Å². The van der Waals surface area contributed by atoms with Crippen molar-refractivity contribution in [1.29, 1.82) is 0 Å². The maximum absolute atomic E-state index is 11.6. The van der Waals surface area contributed by atoms with Gasteiger partial charge in [-0.3, -0.25) is 10.1 Å². The van der Waals surface area contributed by atoms with E-state index in [1.807, 2.05) is 24.3 Å². The molecule has 0 radical (unpaired) electrons. The Hall–Kier alpha value is -4.00. The highest BCUT2D eigenvalue weighted by Gasteiger charge is 2.44. The summed E-state index contributed by atoms with van der Waals surface area (Å²) in [5, 5.41) is 13.7. The number of ether oxygens (including phenoxy) is 4. The van der Waals surface area contributed by atoms with Gasteiger partial charge in [0.15, 0.2) is 6.79 Å². The number of para-hydroxylation sites is 1. The third kappa shape index (κ3) is 6.98. The summed E-state index contributed by atoms with van der Waals surface area (Å²) in [6, 6.07) is 17.0. The van der Waals surface area contributed by atoms with E-state index < -0.39 is 4.92 Å². The van der Waals surface area contributed by atoms with Gasteiger partial charge >= 0.3 is 6.01 Å². The summed E-state index contributed by atoms with van der Waals surface area (Å²) in [6.45, 7) is 2.75. The first-order valence-corrected chi connectivity index (χ1v) is 15.7. The van der Waals surface area contributed by atoms with Gasteiger partial charge in [0.1, 0.15) is 12.4 Å². The number of nitro groups is 1. The lowest BCUT2D eigenvalue weighted by Crippen LogP contribution is -2.32. The third-order valence-corrected chi connectivity index (χ3v) is 8.90. The summed E-state index contributed by atoms with van der Waals surface area (Å²) in [5.41, 5.74) is 3.25. The Kier molecular flexibility index (Phi) is 9.06. The highest BCUT2D eigenvalue weighted by molar-refractivity contribution is 9.10. The molecule has 2 aliphatic rings. The third-order valence-electron chi connectivity index (χ3n) is 8.24. The first kappa shape index (κ1) is 31.0. The normalized spacial score (nSPS) is 15.2. The molecule has 1 aliphatic carbocycles. The number of hydrogen-bond donors (Lipinski definition) is 0. The van der Waals surface area contributed by atoms with E-state index in [0.717, 1.165) is 51.6 Å². The van der Waals surface area contributed by atoms with E-state index in [-0.39, 0.29) is 30.5 Å². The number of rotatable bonds is 13. The van der Waals surface area contributed by atoms with Gasteiger partial charge in [-0.1, -0.05) is 40.2 Å². The summed E-state index contributed by atoms with van der Waals surface area (Å²) < 4.78 is 24.5. The summed E-state index contributed by atoms with van der Waals surface area (Å²) in [7, 11) is 5.73. The molecule has 1 aromatic heterocycles. The molecule has 1 aliphatic heterocycles. The quantitative estimate of drug-likeness (QED) is 0.0928. The number of nitro benzene ring substituents is 1. The molecular formula is C33H36BrN5O6. The number of anilines is 1. The number of halogens is 1. The summed E-state index contributed by atoms with van der Waals surface area (Å²) in [6.07, 6.45) is 2.80. The van der Waals surface area contributed by atoms with Crippen LogP contribution in [-0.4, -0.2) is 67.5 Å². The molecule has 1 saturated carbocycles. The zero-order valence-corrected chi connectivity index (χ0v) is 27.2.